The van der Waals surface area contributed by atoms with Crippen LogP contribution in [-0.4, -0.2) is 73.2 Å². The lowest BCUT2D eigenvalue weighted by molar-refractivity contribution is -0.150. The molecule has 0 bridgehead atoms. The molecule has 5 nitrogen and oxygen atoms in total. The maximum Gasteiger partial charge on any atom is 0.253 e. The van der Waals surface area contributed by atoms with Crippen LogP contribution in [-0.2, 0) is 9.53 Å². The molecular weight excluding hydrogens is 230 g/mol. The predicted molar refractivity (Wildman–Crippen MR) is 68.4 cm³/mol. The van der Waals surface area contributed by atoms with Crippen molar-refractivity contribution in [3.05, 3.63) is 0 Å². The van der Waals surface area contributed by atoms with Crippen LogP contribution in [0.5, 0.6) is 0 Å². The first-order valence-electron chi connectivity index (χ1n) is 7.12. The number of nitrogens with one attached hydrogen (secondary N) is 1. The van der Waals surface area contributed by atoms with Gasteiger partial charge in [0.2, 0.25) is 0 Å². The topological polar surface area (TPSA) is 44.8 Å². The molecule has 0 spiro atoms. The average Bonchev–Trinajstić information content (AvgIpc) is 2.85. The molecule has 0 aromatic heterocycles. The largest absolute Gasteiger partial charge is 0.366 e. The first-order chi connectivity index (χ1) is 8.75. The standard InChI is InChI=1S/C13H23N3O2/c1-10-8-15-5-2-3-11(15)9-16(10)13(17)12-7-14-4-6-18-12/h10-12,14H,2-9H2,1H3. The Balaban J connectivity index is 1.65. The highest BCUT2D eigenvalue weighted by Gasteiger charge is 2.38. The number of morpholine rings is 1. The summed E-state index contributed by atoms with van der Waals surface area (Å²) < 4.78 is 5.59. The molecule has 0 radical (unpaired) electrons. The zero-order chi connectivity index (χ0) is 12.5. The number of hydrogen-bond donors (Lipinski definition) is 1. The number of ether oxygens (including phenoxy) is 1. The second kappa shape index (κ2) is 5.15. The van der Waals surface area contributed by atoms with Gasteiger partial charge in [0.15, 0.2) is 0 Å². The first kappa shape index (κ1) is 12.4. The molecule has 3 saturated heterocycles. The van der Waals surface area contributed by atoms with Crippen molar-refractivity contribution >= 4 is 5.91 Å². The van der Waals surface area contributed by atoms with E-state index in [0.717, 1.165) is 19.6 Å². The van der Waals surface area contributed by atoms with Crippen LogP contribution in [0.2, 0.25) is 0 Å². The van der Waals surface area contributed by atoms with E-state index < -0.39 is 0 Å². The molecule has 1 N–H and O–H groups in total. The number of piperazine rings is 1. The van der Waals surface area contributed by atoms with E-state index in [1.54, 1.807) is 0 Å². The molecule has 3 aliphatic heterocycles. The van der Waals surface area contributed by atoms with E-state index in [2.05, 4.69) is 17.1 Å². The minimum Gasteiger partial charge on any atom is -0.366 e. The van der Waals surface area contributed by atoms with Crippen molar-refractivity contribution in [1.82, 2.24) is 15.1 Å². The predicted octanol–water partition coefficient (Wildman–Crippen LogP) is -0.330. The van der Waals surface area contributed by atoms with Crippen LogP contribution >= 0.6 is 0 Å². The van der Waals surface area contributed by atoms with Crippen molar-refractivity contribution in [3.63, 3.8) is 0 Å². The highest BCUT2D eigenvalue weighted by atomic mass is 16.5. The van der Waals surface area contributed by atoms with Gasteiger partial charge in [0, 0.05) is 38.3 Å². The molecule has 3 unspecified atom stereocenters. The van der Waals surface area contributed by atoms with Gasteiger partial charge in [-0.3, -0.25) is 9.69 Å². The molecule has 5 heteroatoms. The molecule has 3 heterocycles. The minimum absolute atomic E-state index is 0.182. The Bertz CT molecular complexity index is 317. The first-order valence-corrected chi connectivity index (χ1v) is 7.12. The zero-order valence-electron chi connectivity index (χ0n) is 11.1. The van der Waals surface area contributed by atoms with Crippen molar-refractivity contribution in [2.45, 2.75) is 38.0 Å². The fraction of sp³-hybridized carbons (Fsp3) is 0.923. The molecule has 102 valence electrons. The molecule has 0 aliphatic carbocycles. The fourth-order valence-electron chi connectivity index (χ4n) is 3.40. The molecular formula is C13H23N3O2. The fourth-order valence-corrected chi connectivity index (χ4v) is 3.40. The van der Waals surface area contributed by atoms with Crippen molar-refractivity contribution in [2.24, 2.45) is 0 Å². The highest BCUT2D eigenvalue weighted by molar-refractivity contribution is 5.81. The van der Waals surface area contributed by atoms with Gasteiger partial charge in [-0.1, -0.05) is 0 Å². The molecule has 0 aromatic rings. The van der Waals surface area contributed by atoms with Crippen molar-refractivity contribution in [3.8, 4) is 0 Å². The third-order valence-corrected chi connectivity index (χ3v) is 4.42. The number of carbonyl (C=O) groups excluding carboxylic acids is 1. The second-order valence-electron chi connectivity index (χ2n) is 5.69. The van der Waals surface area contributed by atoms with Crippen LogP contribution in [0.3, 0.4) is 0 Å². The highest BCUT2D eigenvalue weighted by Crippen LogP contribution is 2.25. The minimum atomic E-state index is -0.269. The number of carbonyl (C=O) groups is 1. The normalized spacial score (nSPS) is 37.6. The molecule has 3 aliphatic rings. The molecule has 3 atom stereocenters. The Hall–Kier alpha value is -0.650. The molecule has 3 fully saturated rings. The van der Waals surface area contributed by atoms with E-state index in [0.29, 0.717) is 25.2 Å². The van der Waals surface area contributed by atoms with E-state index in [1.165, 1.54) is 19.4 Å². The van der Waals surface area contributed by atoms with Crippen molar-refractivity contribution < 1.29 is 9.53 Å². The van der Waals surface area contributed by atoms with E-state index in [1.807, 2.05) is 4.90 Å². The number of nitrogens with zero attached hydrogens (tertiary/aromatic N) is 2. The maximum atomic E-state index is 12.5. The van der Waals surface area contributed by atoms with Crippen LogP contribution in [0.15, 0.2) is 0 Å². The Morgan fingerprint density at radius 3 is 3.06 bits per heavy atom. The summed E-state index contributed by atoms with van der Waals surface area (Å²) in [5.74, 6) is 0.182. The van der Waals surface area contributed by atoms with Crippen LogP contribution in [0.25, 0.3) is 0 Å². The summed E-state index contributed by atoms with van der Waals surface area (Å²) in [5.41, 5.74) is 0. The molecule has 1 amide bonds. The van der Waals surface area contributed by atoms with E-state index in [-0.39, 0.29) is 12.0 Å². The van der Waals surface area contributed by atoms with Gasteiger partial charge in [0.05, 0.1) is 6.61 Å². The van der Waals surface area contributed by atoms with Crippen LogP contribution in [0, 0.1) is 0 Å². The van der Waals surface area contributed by atoms with Gasteiger partial charge in [-0.05, 0) is 26.3 Å². The van der Waals surface area contributed by atoms with Gasteiger partial charge in [0.25, 0.3) is 5.91 Å². The summed E-state index contributed by atoms with van der Waals surface area (Å²) in [7, 11) is 0. The maximum absolute atomic E-state index is 12.5. The average molecular weight is 253 g/mol. The Morgan fingerprint density at radius 2 is 2.28 bits per heavy atom. The van der Waals surface area contributed by atoms with Crippen molar-refractivity contribution in [1.29, 1.82) is 0 Å². The van der Waals surface area contributed by atoms with E-state index >= 15 is 0 Å². The smallest absolute Gasteiger partial charge is 0.253 e. The summed E-state index contributed by atoms with van der Waals surface area (Å²) >= 11 is 0. The summed E-state index contributed by atoms with van der Waals surface area (Å²) in [6.07, 6.45) is 2.25. The lowest BCUT2D eigenvalue weighted by Crippen LogP contribution is -2.60. The number of amides is 1. The summed E-state index contributed by atoms with van der Waals surface area (Å²) in [5, 5.41) is 3.23. The summed E-state index contributed by atoms with van der Waals surface area (Å²) in [6, 6.07) is 0.902. The summed E-state index contributed by atoms with van der Waals surface area (Å²) in [6.45, 7) is 7.44. The third-order valence-electron chi connectivity index (χ3n) is 4.42. The molecule has 3 rings (SSSR count). The van der Waals surface area contributed by atoms with Gasteiger partial charge < -0.3 is 15.0 Å². The second-order valence-corrected chi connectivity index (χ2v) is 5.69. The Labute approximate surface area is 108 Å². The number of hydrogen-bond acceptors (Lipinski definition) is 4. The van der Waals surface area contributed by atoms with Gasteiger partial charge in [-0.2, -0.15) is 0 Å². The lowest BCUT2D eigenvalue weighted by atomic mass is 10.1. The molecule has 0 aromatic carbocycles. The van der Waals surface area contributed by atoms with Gasteiger partial charge >= 0.3 is 0 Å². The van der Waals surface area contributed by atoms with Crippen LogP contribution in [0.1, 0.15) is 19.8 Å². The van der Waals surface area contributed by atoms with E-state index in [9.17, 15) is 4.79 Å². The van der Waals surface area contributed by atoms with Crippen molar-refractivity contribution in [2.75, 3.05) is 39.3 Å². The molecule has 0 saturated carbocycles. The zero-order valence-corrected chi connectivity index (χ0v) is 11.1. The van der Waals surface area contributed by atoms with Crippen LogP contribution in [0.4, 0.5) is 0 Å². The Kier molecular flexibility index (Phi) is 3.54. The quantitative estimate of drug-likeness (QED) is 0.695. The van der Waals surface area contributed by atoms with Gasteiger partial charge in [0.1, 0.15) is 6.10 Å². The molecule has 18 heavy (non-hydrogen) atoms. The number of fused-ring (bicyclic) bond motifs is 1. The van der Waals surface area contributed by atoms with Gasteiger partial charge in [-0.25, -0.2) is 0 Å². The monoisotopic (exact) mass is 253 g/mol. The SMILES string of the molecule is CC1CN2CCCC2CN1C(=O)C1CNCCO1. The number of rotatable bonds is 1. The lowest BCUT2D eigenvalue weighted by Gasteiger charge is -2.43. The van der Waals surface area contributed by atoms with Crippen LogP contribution < -0.4 is 5.32 Å². The Morgan fingerprint density at radius 1 is 1.39 bits per heavy atom. The summed E-state index contributed by atoms with van der Waals surface area (Å²) in [4.78, 5) is 17.1. The third kappa shape index (κ3) is 2.27. The van der Waals surface area contributed by atoms with E-state index in [4.69, 9.17) is 4.74 Å². The van der Waals surface area contributed by atoms with Gasteiger partial charge in [-0.15, -0.1) is 0 Å².